The lowest BCUT2D eigenvalue weighted by atomic mass is 9.81. The van der Waals surface area contributed by atoms with E-state index in [-0.39, 0.29) is 18.4 Å². The Labute approximate surface area is 210 Å². The summed E-state index contributed by atoms with van der Waals surface area (Å²) in [6.45, 7) is 1.68. The molecule has 7 nitrogen and oxygen atoms in total. The van der Waals surface area contributed by atoms with E-state index in [9.17, 15) is 14.3 Å². The molecule has 1 saturated heterocycles. The number of halogens is 1. The average Bonchev–Trinajstić information content (AvgIpc) is 3.54. The molecule has 4 rings (SSSR count). The highest BCUT2D eigenvalue weighted by Gasteiger charge is 2.39. The number of rotatable bonds is 10. The van der Waals surface area contributed by atoms with Crippen LogP contribution in [0.25, 0.3) is 0 Å². The van der Waals surface area contributed by atoms with Gasteiger partial charge in [-0.05, 0) is 55.7 Å². The van der Waals surface area contributed by atoms with Crippen molar-refractivity contribution >= 4 is 23.0 Å². The summed E-state index contributed by atoms with van der Waals surface area (Å²) in [6, 6.07) is 7.43. The lowest BCUT2D eigenvalue weighted by molar-refractivity contribution is -0.121. The number of carbonyl (C=O) groups excluding carboxylic acids is 1. The third-order valence-corrected chi connectivity index (χ3v) is 8.36. The first-order valence-corrected chi connectivity index (χ1v) is 13.1. The molecule has 2 fully saturated rings. The van der Waals surface area contributed by atoms with Crippen LogP contribution >= 0.6 is 11.3 Å². The maximum absolute atomic E-state index is 12.9. The van der Waals surface area contributed by atoms with Crippen molar-refractivity contribution in [3.05, 3.63) is 51.5 Å². The molecule has 1 atom stereocenters. The topological polar surface area (TPSA) is 98.5 Å². The van der Waals surface area contributed by atoms with Gasteiger partial charge in [0.25, 0.3) is 0 Å². The van der Waals surface area contributed by atoms with Gasteiger partial charge in [-0.25, -0.2) is 9.37 Å². The SMILES string of the molecule is COCc1ncc(C2(O)CCC(N3CC[C@@H](NC(=O)CCC(=N)c4cccc(CF)c4)C3)CC2)s1. The summed E-state index contributed by atoms with van der Waals surface area (Å²) in [4.78, 5) is 20.2. The Bertz CT molecular complexity index is 1020. The van der Waals surface area contributed by atoms with Crippen molar-refractivity contribution in [2.45, 2.75) is 75.9 Å². The summed E-state index contributed by atoms with van der Waals surface area (Å²) in [5, 5.41) is 23.4. The Hall–Kier alpha value is -2.20. The van der Waals surface area contributed by atoms with Crippen molar-refractivity contribution in [1.29, 1.82) is 5.41 Å². The van der Waals surface area contributed by atoms with Crippen LogP contribution in [0.1, 0.15) is 66.0 Å². The van der Waals surface area contributed by atoms with Gasteiger partial charge in [0.15, 0.2) is 0 Å². The minimum absolute atomic E-state index is 0.0432. The van der Waals surface area contributed by atoms with Crippen molar-refractivity contribution < 1.29 is 19.0 Å². The van der Waals surface area contributed by atoms with E-state index in [2.05, 4.69) is 15.2 Å². The van der Waals surface area contributed by atoms with Crippen LogP contribution in [0.4, 0.5) is 4.39 Å². The van der Waals surface area contributed by atoms with Crippen LogP contribution in [0.3, 0.4) is 0 Å². The number of carbonyl (C=O) groups is 1. The Kier molecular flexibility index (Phi) is 8.64. The number of benzene rings is 1. The molecule has 2 aromatic rings. The second kappa shape index (κ2) is 11.7. The number of aliphatic hydroxyl groups is 1. The summed E-state index contributed by atoms with van der Waals surface area (Å²) < 4.78 is 18.0. The van der Waals surface area contributed by atoms with Gasteiger partial charge in [-0.3, -0.25) is 9.69 Å². The number of methoxy groups -OCH3 is 1. The Balaban J connectivity index is 1.20. The highest BCUT2D eigenvalue weighted by molar-refractivity contribution is 7.11. The number of likely N-dealkylation sites (tertiary alicyclic amines) is 1. The number of amides is 1. The third-order valence-electron chi connectivity index (χ3n) is 7.20. The monoisotopic (exact) mass is 502 g/mol. The molecular weight excluding hydrogens is 467 g/mol. The Morgan fingerprint density at radius 1 is 1.34 bits per heavy atom. The van der Waals surface area contributed by atoms with E-state index in [1.807, 2.05) is 0 Å². The predicted octanol–water partition coefficient (Wildman–Crippen LogP) is 3.93. The van der Waals surface area contributed by atoms with Crippen molar-refractivity contribution in [2.24, 2.45) is 0 Å². The normalized spacial score (nSPS) is 25.0. The van der Waals surface area contributed by atoms with E-state index in [1.54, 1.807) is 37.6 Å². The van der Waals surface area contributed by atoms with Crippen LogP contribution in [0.15, 0.2) is 30.5 Å². The highest BCUT2D eigenvalue weighted by atomic mass is 32.1. The van der Waals surface area contributed by atoms with Crippen LogP contribution in [0.2, 0.25) is 0 Å². The molecule has 3 N–H and O–H groups in total. The summed E-state index contributed by atoms with van der Waals surface area (Å²) in [5.41, 5.74) is 0.771. The molecule has 1 saturated carbocycles. The fourth-order valence-corrected chi connectivity index (χ4v) is 6.20. The first kappa shape index (κ1) is 25.9. The largest absolute Gasteiger partial charge is 0.384 e. The van der Waals surface area contributed by atoms with Crippen LogP contribution in [0.5, 0.6) is 0 Å². The van der Waals surface area contributed by atoms with Crippen molar-refractivity contribution in [2.75, 3.05) is 20.2 Å². The summed E-state index contributed by atoms with van der Waals surface area (Å²) in [6.07, 6.45) is 6.56. The highest BCUT2D eigenvalue weighted by Crippen LogP contribution is 2.41. The van der Waals surface area contributed by atoms with Crippen molar-refractivity contribution in [3.8, 4) is 0 Å². The Morgan fingerprint density at radius 3 is 2.89 bits per heavy atom. The molecule has 2 heterocycles. The van der Waals surface area contributed by atoms with E-state index in [4.69, 9.17) is 10.1 Å². The number of nitrogens with one attached hydrogen (secondary N) is 2. The summed E-state index contributed by atoms with van der Waals surface area (Å²) >= 11 is 1.53. The molecule has 0 radical (unpaired) electrons. The van der Waals surface area contributed by atoms with E-state index < -0.39 is 12.3 Å². The summed E-state index contributed by atoms with van der Waals surface area (Å²) in [5.74, 6) is -0.0432. The van der Waals surface area contributed by atoms with Crippen molar-refractivity contribution in [3.63, 3.8) is 0 Å². The molecule has 0 spiro atoms. The number of hydrogen-bond acceptors (Lipinski definition) is 7. The third kappa shape index (κ3) is 6.52. The van der Waals surface area contributed by atoms with Gasteiger partial charge in [-0.1, -0.05) is 18.2 Å². The molecule has 1 aliphatic carbocycles. The molecule has 1 amide bonds. The average molecular weight is 503 g/mol. The van der Waals surface area contributed by atoms with Crippen LogP contribution in [-0.2, 0) is 28.4 Å². The van der Waals surface area contributed by atoms with E-state index >= 15 is 0 Å². The summed E-state index contributed by atoms with van der Waals surface area (Å²) in [7, 11) is 1.65. The molecule has 0 unspecified atom stereocenters. The number of nitrogens with zero attached hydrogens (tertiary/aromatic N) is 2. The molecule has 190 valence electrons. The zero-order valence-corrected chi connectivity index (χ0v) is 21.1. The standard InChI is InChI=1S/C26H35FN4O3S/c1-34-17-25-29-15-23(35-25)26(33)10-7-21(8-11-26)31-12-9-20(16-31)30-24(32)6-5-22(28)19-4-2-3-18(13-19)14-27/h2-4,13,15,20-21,28,33H,5-12,14,16-17H2,1H3,(H,30,32)/t20-,21?,26?/m1/s1. The fourth-order valence-electron chi connectivity index (χ4n) is 5.17. The number of ether oxygens (including phenoxy) is 1. The van der Waals surface area contributed by atoms with Crippen LogP contribution in [0, 0.1) is 5.41 Å². The molecule has 1 aromatic carbocycles. The minimum atomic E-state index is -0.804. The van der Waals surface area contributed by atoms with E-state index in [0.29, 0.717) is 48.7 Å². The van der Waals surface area contributed by atoms with Gasteiger partial charge in [0.1, 0.15) is 17.3 Å². The quantitative estimate of drug-likeness (QED) is 0.428. The number of thiazole rings is 1. The molecular formula is C26H35FN4O3S. The smallest absolute Gasteiger partial charge is 0.220 e. The lowest BCUT2D eigenvalue weighted by Crippen LogP contribution is -2.43. The zero-order valence-electron chi connectivity index (χ0n) is 20.3. The van der Waals surface area contributed by atoms with Crippen LogP contribution in [-0.4, -0.2) is 58.9 Å². The van der Waals surface area contributed by atoms with Gasteiger partial charge in [0.05, 0.1) is 11.5 Å². The molecule has 1 aliphatic heterocycles. The van der Waals surface area contributed by atoms with Gasteiger partial charge in [0, 0.05) is 50.6 Å². The molecule has 0 bridgehead atoms. The number of aromatic nitrogens is 1. The number of hydrogen-bond donors (Lipinski definition) is 3. The van der Waals surface area contributed by atoms with Gasteiger partial charge in [-0.15, -0.1) is 11.3 Å². The number of alkyl halides is 1. The minimum Gasteiger partial charge on any atom is -0.384 e. The lowest BCUT2D eigenvalue weighted by Gasteiger charge is -2.39. The van der Waals surface area contributed by atoms with Gasteiger partial charge in [-0.2, -0.15) is 0 Å². The van der Waals surface area contributed by atoms with Gasteiger partial charge < -0.3 is 20.6 Å². The maximum Gasteiger partial charge on any atom is 0.220 e. The van der Waals surface area contributed by atoms with E-state index in [0.717, 1.165) is 42.2 Å². The Morgan fingerprint density at radius 2 is 2.14 bits per heavy atom. The van der Waals surface area contributed by atoms with Gasteiger partial charge >= 0.3 is 0 Å². The first-order chi connectivity index (χ1) is 16.9. The van der Waals surface area contributed by atoms with Crippen LogP contribution < -0.4 is 5.32 Å². The molecule has 35 heavy (non-hydrogen) atoms. The second-order valence-electron chi connectivity index (χ2n) is 9.67. The van der Waals surface area contributed by atoms with E-state index in [1.165, 1.54) is 11.3 Å². The first-order valence-electron chi connectivity index (χ1n) is 12.3. The van der Waals surface area contributed by atoms with Gasteiger partial charge in [0.2, 0.25) is 5.91 Å². The molecule has 9 heteroatoms. The molecule has 1 aromatic heterocycles. The fraction of sp³-hybridized carbons (Fsp3) is 0.577. The maximum atomic E-state index is 12.9. The second-order valence-corrected chi connectivity index (χ2v) is 10.8. The zero-order chi connectivity index (χ0) is 24.8. The molecule has 2 aliphatic rings. The van der Waals surface area contributed by atoms with Crippen molar-refractivity contribution in [1.82, 2.24) is 15.2 Å². The predicted molar refractivity (Wildman–Crippen MR) is 134 cm³/mol.